The van der Waals surface area contributed by atoms with Crippen LogP contribution in [0, 0.1) is 0 Å². The predicted octanol–water partition coefficient (Wildman–Crippen LogP) is 2.21. The first kappa shape index (κ1) is 13.7. The Bertz CT molecular complexity index is 367. The van der Waals surface area contributed by atoms with Crippen LogP contribution in [0.5, 0.6) is 0 Å². The van der Waals surface area contributed by atoms with Crippen molar-refractivity contribution in [1.29, 1.82) is 0 Å². The van der Waals surface area contributed by atoms with Gasteiger partial charge >= 0.3 is 5.97 Å². The molecule has 1 aromatic rings. The van der Waals surface area contributed by atoms with E-state index < -0.39 is 5.97 Å². The van der Waals surface area contributed by atoms with Crippen molar-refractivity contribution in [2.45, 2.75) is 32.7 Å². The quantitative estimate of drug-likeness (QED) is 0.846. The van der Waals surface area contributed by atoms with Crippen LogP contribution in [0.1, 0.15) is 26.7 Å². The molecule has 1 rings (SSSR count). The fourth-order valence-corrected chi connectivity index (χ4v) is 1.60. The summed E-state index contributed by atoms with van der Waals surface area (Å²) in [6, 6.07) is 3.70. The molecular formula is C11H16ClN3O2. The molecule has 94 valence electrons. The van der Waals surface area contributed by atoms with Crippen molar-refractivity contribution < 1.29 is 9.90 Å². The molecule has 17 heavy (non-hydrogen) atoms. The van der Waals surface area contributed by atoms with Crippen LogP contribution in [0.3, 0.4) is 0 Å². The minimum absolute atomic E-state index is 0.157. The summed E-state index contributed by atoms with van der Waals surface area (Å²) in [6.07, 6.45) is 0.738. The molecule has 0 aliphatic rings. The zero-order valence-corrected chi connectivity index (χ0v) is 10.7. The van der Waals surface area contributed by atoms with Crippen molar-refractivity contribution >= 4 is 23.4 Å². The van der Waals surface area contributed by atoms with Crippen LogP contribution in [0.15, 0.2) is 12.1 Å². The molecule has 6 heteroatoms. The predicted molar refractivity (Wildman–Crippen MR) is 66.4 cm³/mol. The highest BCUT2D eigenvalue weighted by molar-refractivity contribution is 6.29. The van der Waals surface area contributed by atoms with E-state index in [4.69, 9.17) is 16.7 Å². The summed E-state index contributed by atoms with van der Waals surface area (Å²) in [5.41, 5.74) is 0. The largest absolute Gasteiger partial charge is 0.481 e. The molecule has 0 aliphatic carbocycles. The molecule has 1 aromatic heterocycles. The fourth-order valence-electron chi connectivity index (χ4n) is 1.50. The maximum Gasteiger partial charge on any atom is 0.303 e. The van der Waals surface area contributed by atoms with E-state index in [0.717, 1.165) is 5.82 Å². The van der Waals surface area contributed by atoms with Gasteiger partial charge in [-0.05, 0) is 32.4 Å². The number of carbonyl (C=O) groups is 1. The van der Waals surface area contributed by atoms with E-state index in [1.165, 1.54) is 0 Å². The number of hydrogen-bond acceptors (Lipinski definition) is 4. The number of rotatable bonds is 6. The molecule has 0 aliphatic heterocycles. The highest BCUT2D eigenvalue weighted by atomic mass is 35.5. The van der Waals surface area contributed by atoms with Crippen LogP contribution in [0.2, 0.25) is 5.15 Å². The number of carboxylic acids is 1. The van der Waals surface area contributed by atoms with Crippen molar-refractivity contribution in [2.24, 2.45) is 0 Å². The lowest BCUT2D eigenvalue weighted by atomic mass is 10.2. The molecule has 0 unspecified atom stereocenters. The van der Waals surface area contributed by atoms with Gasteiger partial charge in [-0.1, -0.05) is 11.6 Å². The Hall–Kier alpha value is -1.36. The maximum atomic E-state index is 10.5. The summed E-state index contributed by atoms with van der Waals surface area (Å²) in [5.74, 6) is -0.0642. The molecule has 0 atom stereocenters. The molecule has 0 bridgehead atoms. The van der Waals surface area contributed by atoms with Gasteiger partial charge in [-0.15, -0.1) is 10.2 Å². The van der Waals surface area contributed by atoms with Crippen molar-refractivity contribution in [3.05, 3.63) is 17.3 Å². The van der Waals surface area contributed by atoms with Gasteiger partial charge in [-0.2, -0.15) is 0 Å². The molecule has 0 spiro atoms. The van der Waals surface area contributed by atoms with Gasteiger partial charge in [0.2, 0.25) is 0 Å². The number of carboxylic acid groups (broad SMARTS) is 1. The lowest BCUT2D eigenvalue weighted by Gasteiger charge is -2.27. The summed E-state index contributed by atoms with van der Waals surface area (Å²) in [7, 11) is 0. The van der Waals surface area contributed by atoms with Crippen molar-refractivity contribution in [1.82, 2.24) is 10.2 Å². The van der Waals surface area contributed by atoms with Crippen LogP contribution in [0.25, 0.3) is 0 Å². The second-order valence-electron chi connectivity index (χ2n) is 4.00. The first-order valence-corrected chi connectivity index (χ1v) is 5.86. The van der Waals surface area contributed by atoms with Gasteiger partial charge in [0.1, 0.15) is 0 Å². The summed E-state index contributed by atoms with van der Waals surface area (Å²) >= 11 is 5.67. The zero-order chi connectivity index (χ0) is 12.8. The molecule has 0 fully saturated rings. The van der Waals surface area contributed by atoms with E-state index in [-0.39, 0.29) is 12.5 Å². The van der Waals surface area contributed by atoms with Gasteiger partial charge in [-0.3, -0.25) is 4.79 Å². The second-order valence-corrected chi connectivity index (χ2v) is 4.39. The highest BCUT2D eigenvalue weighted by Gasteiger charge is 2.12. The van der Waals surface area contributed by atoms with Crippen molar-refractivity contribution in [3.8, 4) is 0 Å². The molecule has 0 aromatic carbocycles. The van der Waals surface area contributed by atoms with E-state index in [1.54, 1.807) is 12.1 Å². The number of anilines is 1. The normalized spacial score (nSPS) is 10.6. The van der Waals surface area contributed by atoms with Gasteiger partial charge in [0, 0.05) is 19.0 Å². The number of halogens is 1. The number of aromatic nitrogens is 2. The van der Waals surface area contributed by atoms with Gasteiger partial charge in [0.25, 0.3) is 0 Å². The van der Waals surface area contributed by atoms with Gasteiger partial charge in [0.05, 0.1) is 0 Å². The molecule has 1 heterocycles. The molecule has 5 nitrogen and oxygen atoms in total. The standard InChI is InChI=1S/C11H16ClN3O2/c1-8(2)15(7-3-4-11(16)17)10-6-5-9(12)13-14-10/h5-6,8H,3-4,7H2,1-2H3,(H,16,17). The third-order valence-electron chi connectivity index (χ3n) is 2.33. The highest BCUT2D eigenvalue weighted by Crippen LogP contribution is 2.15. The zero-order valence-electron chi connectivity index (χ0n) is 9.93. The summed E-state index contributed by atoms with van der Waals surface area (Å²) in [4.78, 5) is 12.5. The van der Waals surface area contributed by atoms with Gasteiger partial charge in [-0.25, -0.2) is 0 Å². The monoisotopic (exact) mass is 257 g/mol. The molecular weight excluding hydrogens is 242 g/mol. The SMILES string of the molecule is CC(C)N(CCCC(=O)O)c1ccc(Cl)nn1. The van der Waals surface area contributed by atoms with E-state index in [2.05, 4.69) is 10.2 Å². The molecule has 0 saturated carbocycles. The first-order chi connectivity index (χ1) is 8.00. The fraction of sp³-hybridized carbons (Fsp3) is 0.545. The van der Waals surface area contributed by atoms with Crippen molar-refractivity contribution in [3.63, 3.8) is 0 Å². The van der Waals surface area contributed by atoms with Crippen LogP contribution in [-0.2, 0) is 4.79 Å². The van der Waals surface area contributed by atoms with Crippen LogP contribution >= 0.6 is 11.6 Å². The summed E-state index contributed by atoms with van der Waals surface area (Å²) in [5, 5.41) is 16.7. The van der Waals surface area contributed by atoms with Crippen molar-refractivity contribution in [2.75, 3.05) is 11.4 Å². The number of hydrogen-bond donors (Lipinski definition) is 1. The second kappa shape index (κ2) is 6.39. The minimum atomic E-state index is -0.782. The van der Waals surface area contributed by atoms with E-state index >= 15 is 0 Å². The van der Waals surface area contributed by atoms with Gasteiger partial charge < -0.3 is 10.0 Å². The Morgan fingerprint density at radius 2 is 2.18 bits per heavy atom. The molecule has 0 saturated heterocycles. The lowest BCUT2D eigenvalue weighted by molar-refractivity contribution is -0.137. The Balaban J connectivity index is 2.65. The molecule has 0 amide bonds. The average molecular weight is 258 g/mol. The van der Waals surface area contributed by atoms with Crippen LogP contribution < -0.4 is 4.90 Å². The molecule has 1 N–H and O–H groups in total. The smallest absolute Gasteiger partial charge is 0.303 e. The topological polar surface area (TPSA) is 66.3 Å². The third kappa shape index (κ3) is 4.56. The first-order valence-electron chi connectivity index (χ1n) is 5.48. The summed E-state index contributed by atoms with van der Waals surface area (Å²) in [6.45, 7) is 4.69. The Labute approximate surface area is 105 Å². The number of nitrogens with zero attached hydrogens (tertiary/aromatic N) is 3. The van der Waals surface area contributed by atoms with Gasteiger partial charge in [0.15, 0.2) is 11.0 Å². The number of aliphatic carboxylic acids is 1. The Kier molecular flexibility index (Phi) is 5.15. The van der Waals surface area contributed by atoms with E-state index in [1.807, 2.05) is 18.7 Å². The summed E-state index contributed by atoms with van der Waals surface area (Å²) < 4.78 is 0. The maximum absolute atomic E-state index is 10.5. The Morgan fingerprint density at radius 1 is 1.47 bits per heavy atom. The van der Waals surface area contributed by atoms with Crippen LogP contribution in [-0.4, -0.2) is 33.9 Å². The Morgan fingerprint density at radius 3 is 2.65 bits per heavy atom. The van der Waals surface area contributed by atoms with Crippen LogP contribution in [0.4, 0.5) is 5.82 Å². The van der Waals surface area contributed by atoms with E-state index in [9.17, 15) is 4.79 Å². The lowest BCUT2D eigenvalue weighted by Crippen LogP contribution is -2.32. The average Bonchev–Trinajstić information content (AvgIpc) is 2.25. The minimum Gasteiger partial charge on any atom is -0.481 e. The van der Waals surface area contributed by atoms with E-state index in [0.29, 0.717) is 18.1 Å². The molecule has 0 radical (unpaired) electrons. The third-order valence-corrected chi connectivity index (χ3v) is 2.53.